The molecule has 2 saturated carbocycles. The lowest BCUT2D eigenvalue weighted by atomic mass is 10.3. The van der Waals surface area contributed by atoms with E-state index in [1.54, 1.807) is 0 Å². The third-order valence-electron chi connectivity index (χ3n) is 2.83. The highest BCUT2D eigenvalue weighted by Gasteiger charge is 2.32. The summed E-state index contributed by atoms with van der Waals surface area (Å²) in [4.78, 5) is 2.72. The van der Waals surface area contributed by atoms with Crippen LogP contribution in [0.5, 0.6) is 0 Å². The van der Waals surface area contributed by atoms with E-state index in [1.807, 2.05) is 0 Å². The normalized spacial score (nSPS) is 23.5. The zero-order chi connectivity index (χ0) is 8.39. The van der Waals surface area contributed by atoms with Gasteiger partial charge in [-0.1, -0.05) is 15.9 Å². The lowest BCUT2D eigenvalue weighted by molar-refractivity contribution is 0.254. The Labute approximate surface area is 83.6 Å². The molecule has 0 heterocycles. The first-order valence-electron chi connectivity index (χ1n) is 5.20. The molecule has 0 aromatic heterocycles. The van der Waals surface area contributed by atoms with E-state index in [0.29, 0.717) is 0 Å². The van der Waals surface area contributed by atoms with Crippen molar-refractivity contribution < 1.29 is 0 Å². The van der Waals surface area contributed by atoms with Gasteiger partial charge in [0.2, 0.25) is 0 Å². The van der Waals surface area contributed by atoms with E-state index in [-0.39, 0.29) is 0 Å². The summed E-state index contributed by atoms with van der Waals surface area (Å²) >= 11 is 3.50. The third kappa shape index (κ3) is 2.74. The Bertz CT molecular complexity index is 141. The zero-order valence-electron chi connectivity index (χ0n) is 7.64. The first-order chi connectivity index (χ1) is 5.90. The Hall–Kier alpha value is 0.440. The molecule has 0 amide bonds. The van der Waals surface area contributed by atoms with E-state index in [1.165, 1.54) is 50.5 Å². The highest BCUT2D eigenvalue weighted by molar-refractivity contribution is 9.09. The predicted molar refractivity (Wildman–Crippen MR) is 55.7 cm³/mol. The van der Waals surface area contributed by atoms with E-state index in [0.717, 1.165) is 12.0 Å². The van der Waals surface area contributed by atoms with E-state index in [2.05, 4.69) is 20.8 Å². The van der Waals surface area contributed by atoms with E-state index >= 15 is 0 Å². The van der Waals surface area contributed by atoms with E-state index in [4.69, 9.17) is 0 Å². The van der Waals surface area contributed by atoms with Gasteiger partial charge in [0, 0.05) is 17.9 Å². The Kier molecular flexibility index (Phi) is 3.08. The summed E-state index contributed by atoms with van der Waals surface area (Å²) in [6.07, 6.45) is 7.25. The Balaban J connectivity index is 1.68. The van der Waals surface area contributed by atoms with Gasteiger partial charge < -0.3 is 4.90 Å². The van der Waals surface area contributed by atoms with Crippen molar-refractivity contribution in [3.63, 3.8) is 0 Å². The van der Waals surface area contributed by atoms with Crippen LogP contribution in [0.15, 0.2) is 0 Å². The first-order valence-corrected chi connectivity index (χ1v) is 6.32. The van der Waals surface area contributed by atoms with Gasteiger partial charge in [-0.15, -0.1) is 0 Å². The average molecular weight is 232 g/mol. The molecule has 70 valence electrons. The quantitative estimate of drug-likeness (QED) is 0.636. The molecule has 0 aliphatic heterocycles. The molecular formula is C10H18BrN. The van der Waals surface area contributed by atoms with Crippen LogP contribution < -0.4 is 0 Å². The molecule has 0 atom stereocenters. The molecule has 2 aliphatic carbocycles. The van der Waals surface area contributed by atoms with Crippen LogP contribution in [0.3, 0.4) is 0 Å². The van der Waals surface area contributed by atoms with Gasteiger partial charge in [0.05, 0.1) is 0 Å². The Morgan fingerprint density at radius 2 is 1.92 bits per heavy atom. The van der Waals surface area contributed by atoms with Crippen molar-refractivity contribution in [3.8, 4) is 0 Å². The molecule has 0 spiro atoms. The molecule has 2 heteroatoms. The monoisotopic (exact) mass is 231 g/mol. The second-order valence-electron chi connectivity index (χ2n) is 4.21. The number of rotatable bonds is 6. The zero-order valence-corrected chi connectivity index (χ0v) is 9.22. The van der Waals surface area contributed by atoms with Gasteiger partial charge in [-0.2, -0.15) is 0 Å². The molecule has 12 heavy (non-hydrogen) atoms. The highest BCUT2D eigenvalue weighted by Crippen LogP contribution is 2.34. The molecule has 0 bridgehead atoms. The third-order valence-corrected chi connectivity index (χ3v) is 3.39. The van der Waals surface area contributed by atoms with Crippen molar-refractivity contribution in [1.82, 2.24) is 4.90 Å². The minimum atomic E-state index is 0.977. The van der Waals surface area contributed by atoms with Gasteiger partial charge in [0.25, 0.3) is 0 Å². The fourth-order valence-corrected chi connectivity index (χ4v) is 2.01. The van der Waals surface area contributed by atoms with Crippen molar-refractivity contribution in [2.45, 2.75) is 38.1 Å². The van der Waals surface area contributed by atoms with Gasteiger partial charge in [-0.3, -0.25) is 0 Å². The van der Waals surface area contributed by atoms with Crippen molar-refractivity contribution in [1.29, 1.82) is 0 Å². The SMILES string of the molecule is BrCCCN(CC1CC1)C1CC1. The van der Waals surface area contributed by atoms with Crippen LogP contribution in [-0.2, 0) is 0 Å². The van der Waals surface area contributed by atoms with Crippen LogP contribution in [0.2, 0.25) is 0 Å². The lowest BCUT2D eigenvalue weighted by Crippen LogP contribution is -2.29. The van der Waals surface area contributed by atoms with Crippen LogP contribution >= 0.6 is 15.9 Å². The molecule has 0 radical (unpaired) electrons. The maximum Gasteiger partial charge on any atom is 0.00965 e. The van der Waals surface area contributed by atoms with Crippen LogP contribution in [-0.4, -0.2) is 29.4 Å². The van der Waals surface area contributed by atoms with Crippen LogP contribution in [0, 0.1) is 5.92 Å². The number of hydrogen-bond acceptors (Lipinski definition) is 1. The summed E-state index contributed by atoms with van der Waals surface area (Å²) in [5, 5.41) is 1.17. The van der Waals surface area contributed by atoms with Crippen molar-refractivity contribution in [2.75, 3.05) is 18.4 Å². The smallest absolute Gasteiger partial charge is 0.00965 e. The summed E-state index contributed by atoms with van der Waals surface area (Å²) in [6, 6.07) is 0.977. The van der Waals surface area contributed by atoms with Crippen molar-refractivity contribution in [2.24, 2.45) is 5.92 Å². The Morgan fingerprint density at radius 3 is 2.42 bits per heavy atom. The minimum Gasteiger partial charge on any atom is -0.300 e. The minimum absolute atomic E-state index is 0.977. The molecule has 0 N–H and O–H groups in total. The van der Waals surface area contributed by atoms with E-state index < -0.39 is 0 Å². The Morgan fingerprint density at radius 1 is 1.17 bits per heavy atom. The summed E-state index contributed by atoms with van der Waals surface area (Å²) in [6.45, 7) is 2.73. The lowest BCUT2D eigenvalue weighted by Gasteiger charge is -2.20. The first kappa shape index (κ1) is 9.01. The fraction of sp³-hybridized carbons (Fsp3) is 1.00. The van der Waals surface area contributed by atoms with Crippen LogP contribution in [0.1, 0.15) is 32.1 Å². The summed E-state index contributed by atoms with van der Waals surface area (Å²) in [5.41, 5.74) is 0. The molecule has 2 rings (SSSR count). The second-order valence-corrected chi connectivity index (χ2v) is 5.01. The topological polar surface area (TPSA) is 3.24 Å². The van der Waals surface area contributed by atoms with Gasteiger partial charge in [0.15, 0.2) is 0 Å². The maximum absolute atomic E-state index is 3.50. The molecule has 2 fully saturated rings. The van der Waals surface area contributed by atoms with Gasteiger partial charge in [-0.05, 0) is 44.6 Å². The molecule has 0 saturated heterocycles. The number of nitrogens with zero attached hydrogens (tertiary/aromatic N) is 1. The standard InChI is InChI=1S/C10H18BrN/c11-6-1-7-12(10-4-5-10)8-9-2-3-9/h9-10H,1-8H2. The molecule has 0 unspecified atom stereocenters. The predicted octanol–water partition coefficient (Wildman–Crippen LogP) is 2.65. The summed E-state index contributed by atoms with van der Waals surface area (Å²) in [7, 11) is 0. The molecule has 0 aromatic rings. The largest absolute Gasteiger partial charge is 0.300 e. The van der Waals surface area contributed by atoms with Gasteiger partial charge >= 0.3 is 0 Å². The van der Waals surface area contributed by atoms with Crippen molar-refractivity contribution >= 4 is 15.9 Å². The average Bonchev–Trinajstić information content (AvgIpc) is 2.85. The van der Waals surface area contributed by atoms with Crippen molar-refractivity contribution in [3.05, 3.63) is 0 Å². The fourth-order valence-electron chi connectivity index (χ4n) is 1.76. The van der Waals surface area contributed by atoms with Crippen LogP contribution in [0.4, 0.5) is 0 Å². The highest BCUT2D eigenvalue weighted by atomic mass is 79.9. The molecular weight excluding hydrogens is 214 g/mol. The second kappa shape index (κ2) is 4.10. The number of hydrogen-bond donors (Lipinski definition) is 0. The molecule has 1 nitrogen and oxygen atoms in total. The summed E-state index contributed by atoms with van der Waals surface area (Å²) < 4.78 is 0. The number of alkyl halides is 1. The van der Waals surface area contributed by atoms with Gasteiger partial charge in [0.1, 0.15) is 0 Å². The summed E-state index contributed by atoms with van der Waals surface area (Å²) in [5.74, 6) is 1.07. The number of halogens is 1. The van der Waals surface area contributed by atoms with Gasteiger partial charge in [-0.25, -0.2) is 0 Å². The molecule has 2 aliphatic rings. The van der Waals surface area contributed by atoms with Crippen LogP contribution in [0.25, 0.3) is 0 Å². The molecule has 0 aromatic carbocycles. The maximum atomic E-state index is 3.50. The van der Waals surface area contributed by atoms with E-state index in [9.17, 15) is 0 Å².